The molecule has 0 N–H and O–H groups in total. The minimum absolute atomic E-state index is 0.0845. The van der Waals surface area contributed by atoms with Gasteiger partial charge in [-0.15, -0.1) is 0 Å². The highest BCUT2D eigenvalue weighted by molar-refractivity contribution is 6.34. The Morgan fingerprint density at radius 3 is 2.43 bits per heavy atom. The van der Waals surface area contributed by atoms with Crippen LogP contribution in [0.1, 0.15) is 22.3 Å². The van der Waals surface area contributed by atoms with Crippen molar-refractivity contribution in [2.24, 2.45) is 0 Å². The highest BCUT2D eigenvalue weighted by atomic mass is 16.5. The van der Waals surface area contributed by atoms with Crippen LogP contribution in [0.25, 0.3) is 0 Å². The van der Waals surface area contributed by atoms with Crippen LogP contribution < -0.4 is 0 Å². The topological polar surface area (TPSA) is 43.4 Å². The third kappa shape index (κ3) is 4.28. The molecule has 21 heavy (non-hydrogen) atoms. The maximum absolute atomic E-state index is 11.9. The Hall–Kier alpha value is -2.42. The van der Waals surface area contributed by atoms with Crippen molar-refractivity contribution >= 4 is 11.8 Å². The molecule has 0 unspecified atom stereocenters. The monoisotopic (exact) mass is 282 g/mol. The number of hydrogen-bond acceptors (Lipinski definition) is 3. The number of benzene rings is 2. The molecule has 0 fully saturated rings. The molecule has 0 aromatic heterocycles. The van der Waals surface area contributed by atoms with E-state index in [1.165, 1.54) is 0 Å². The number of hydrogen-bond donors (Lipinski definition) is 0. The van der Waals surface area contributed by atoms with Crippen molar-refractivity contribution in [1.82, 2.24) is 0 Å². The Bertz CT molecular complexity index is 645. The number of carbonyl (C=O) groups is 2. The maximum Gasteiger partial charge on any atom is 0.375 e. The molecule has 2 aromatic rings. The van der Waals surface area contributed by atoms with Gasteiger partial charge in [0.15, 0.2) is 0 Å². The first-order chi connectivity index (χ1) is 10.1. The van der Waals surface area contributed by atoms with Gasteiger partial charge in [-0.3, -0.25) is 4.79 Å². The van der Waals surface area contributed by atoms with E-state index in [-0.39, 0.29) is 13.0 Å². The Morgan fingerprint density at radius 2 is 1.71 bits per heavy atom. The molecule has 0 aliphatic rings. The molecule has 3 heteroatoms. The first-order valence-corrected chi connectivity index (χ1v) is 6.86. The Kier molecular flexibility index (Phi) is 4.88. The van der Waals surface area contributed by atoms with Gasteiger partial charge in [-0.25, -0.2) is 4.79 Å². The molecule has 2 rings (SSSR count). The Morgan fingerprint density at radius 1 is 1.00 bits per heavy atom. The normalized spacial score (nSPS) is 10.2. The third-order valence-corrected chi connectivity index (χ3v) is 3.30. The van der Waals surface area contributed by atoms with E-state index in [4.69, 9.17) is 4.74 Å². The molecule has 3 nitrogen and oxygen atoms in total. The zero-order chi connectivity index (χ0) is 15.2. The van der Waals surface area contributed by atoms with Gasteiger partial charge in [0.1, 0.15) is 6.61 Å². The molecule has 0 aliphatic heterocycles. The molecule has 108 valence electrons. The summed E-state index contributed by atoms with van der Waals surface area (Å²) in [5.41, 5.74) is 3.81. The largest absolute Gasteiger partial charge is 0.455 e. The summed E-state index contributed by atoms with van der Waals surface area (Å²) in [4.78, 5) is 23.7. The third-order valence-electron chi connectivity index (χ3n) is 3.30. The van der Waals surface area contributed by atoms with Crippen LogP contribution in [0, 0.1) is 13.8 Å². The lowest BCUT2D eigenvalue weighted by molar-refractivity contribution is -0.154. The van der Waals surface area contributed by atoms with Crippen LogP contribution in [0.3, 0.4) is 0 Å². The van der Waals surface area contributed by atoms with Gasteiger partial charge in [-0.05, 0) is 30.5 Å². The zero-order valence-corrected chi connectivity index (χ0v) is 12.3. The molecule has 0 amide bonds. The molecule has 0 spiro atoms. The van der Waals surface area contributed by atoms with Crippen LogP contribution >= 0.6 is 0 Å². The molecule has 0 atom stereocenters. The van der Waals surface area contributed by atoms with Gasteiger partial charge in [0.25, 0.3) is 0 Å². The second kappa shape index (κ2) is 6.84. The van der Waals surface area contributed by atoms with E-state index in [2.05, 4.69) is 0 Å². The Labute approximate surface area is 124 Å². The number of esters is 1. The van der Waals surface area contributed by atoms with Crippen LogP contribution in [-0.4, -0.2) is 11.8 Å². The van der Waals surface area contributed by atoms with Crippen LogP contribution in [0.5, 0.6) is 0 Å². The lowest BCUT2D eigenvalue weighted by Gasteiger charge is -2.07. The van der Waals surface area contributed by atoms with Gasteiger partial charge in [-0.2, -0.15) is 0 Å². The molecule has 0 aliphatic carbocycles. The SMILES string of the molecule is Cc1ccc(C)c(CC(=O)C(=O)OCc2ccccc2)c1. The fraction of sp³-hybridized carbons (Fsp3) is 0.222. The summed E-state index contributed by atoms with van der Waals surface area (Å²) in [6.07, 6.45) is 0.0845. The lowest BCUT2D eigenvalue weighted by Crippen LogP contribution is -2.19. The number of ether oxygens (including phenoxy) is 1. The summed E-state index contributed by atoms with van der Waals surface area (Å²) in [7, 11) is 0. The molecule has 0 radical (unpaired) electrons. The summed E-state index contributed by atoms with van der Waals surface area (Å²) in [6, 6.07) is 15.2. The molecule has 0 bridgehead atoms. The molecular weight excluding hydrogens is 264 g/mol. The van der Waals surface area contributed by atoms with E-state index in [1.54, 1.807) is 0 Å². The van der Waals surface area contributed by atoms with Crippen LogP contribution in [0.4, 0.5) is 0 Å². The first-order valence-electron chi connectivity index (χ1n) is 6.86. The van der Waals surface area contributed by atoms with Crippen molar-refractivity contribution in [2.75, 3.05) is 0 Å². The number of aryl methyl sites for hydroxylation is 2. The Balaban J connectivity index is 1.94. The van der Waals surface area contributed by atoms with E-state index in [9.17, 15) is 9.59 Å². The highest BCUT2D eigenvalue weighted by Gasteiger charge is 2.17. The fourth-order valence-corrected chi connectivity index (χ4v) is 2.04. The van der Waals surface area contributed by atoms with Gasteiger partial charge in [0.05, 0.1) is 0 Å². The minimum Gasteiger partial charge on any atom is -0.455 e. The summed E-state index contributed by atoms with van der Waals surface area (Å²) >= 11 is 0. The van der Waals surface area contributed by atoms with Crippen LogP contribution in [-0.2, 0) is 27.4 Å². The molecular formula is C18H18O3. The first kappa shape index (κ1) is 15.0. The maximum atomic E-state index is 11.9. The smallest absolute Gasteiger partial charge is 0.375 e. The van der Waals surface area contributed by atoms with Crippen molar-refractivity contribution in [3.05, 3.63) is 70.8 Å². The predicted octanol–water partition coefficient (Wildman–Crippen LogP) is 3.16. The standard InChI is InChI=1S/C18H18O3/c1-13-8-9-14(2)16(10-13)11-17(19)18(20)21-12-15-6-4-3-5-7-15/h3-10H,11-12H2,1-2H3. The lowest BCUT2D eigenvalue weighted by atomic mass is 10.0. The second-order valence-corrected chi connectivity index (χ2v) is 5.09. The number of ketones is 1. The summed E-state index contributed by atoms with van der Waals surface area (Å²) in [5.74, 6) is -1.29. The van der Waals surface area contributed by atoms with Crippen LogP contribution in [0.2, 0.25) is 0 Å². The molecule has 0 saturated carbocycles. The van der Waals surface area contributed by atoms with Gasteiger partial charge in [0, 0.05) is 6.42 Å². The summed E-state index contributed by atoms with van der Waals surface area (Å²) in [6.45, 7) is 4.01. The number of Topliss-reactive ketones (excluding diaryl/α,β-unsaturated/α-hetero) is 1. The van der Waals surface area contributed by atoms with E-state index >= 15 is 0 Å². The quantitative estimate of drug-likeness (QED) is 0.625. The van der Waals surface area contributed by atoms with E-state index in [0.717, 1.165) is 22.3 Å². The molecule has 2 aromatic carbocycles. The van der Waals surface area contributed by atoms with Gasteiger partial charge in [-0.1, -0.05) is 54.1 Å². The highest BCUT2D eigenvalue weighted by Crippen LogP contribution is 2.12. The van der Waals surface area contributed by atoms with E-state index < -0.39 is 11.8 Å². The van der Waals surface area contributed by atoms with Crippen molar-refractivity contribution in [2.45, 2.75) is 26.9 Å². The van der Waals surface area contributed by atoms with Crippen LogP contribution in [0.15, 0.2) is 48.5 Å². The fourth-order valence-electron chi connectivity index (χ4n) is 2.04. The average Bonchev–Trinajstić information content (AvgIpc) is 2.49. The van der Waals surface area contributed by atoms with Crippen molar-refractivity contribution in [1.29, 1.82) is 0 Å². The average molecular weight is 282 g/mol. The predicted molar refractivity (Wildman–Crippen MR) is 80.9 cm³/mol. The van der Waals surface area contributed by atoms with Gasteiger partial charge in [0.2, 0.25) is 5.78 Å². The van der Waals surface area contributed by atoms with E-state index in [1.807, 2.05) is 62.4 Å². The van der Waals surface area contributed by atoms with Gasteiger partial charge < -0.3 is 4.74 Å². The zero-order valence-electron chi connectivity index (χ0n) is 12.3. The van der Waals surface area contributed by atoms with Crippen molar-refractivity contribution in [3.63, 3.8) is 0 Å². The minimum atomic E-state index is -0.778. The van der Waals surface area contributed by atoms with Crippen molar-refractivity contribution in [3.8, 4) is 0 Å². The molecule has 0 heterocycles. The second-order valence-electron chi connectivity index (χ2n) is 5.09. The molecule has 0 saturated heterocycles. The van der Waals surface area contributed by atoms with E-state index in [0.29, 0.717) is 0 Å². The summed E-state index contributed by atoms with van der Waals surface area (Å²) in [5, 5.41) is 0. The van der Waals surface area contributed by atoms with Crippen molar-refractivity contribution < 1.29 is 14.3 Å². The number of carbonyl (C=O) groups excluding carboxylic acids is 2. The number of rotatable bonds is 5. The van der Waals surface area contributed by atoms with Gasteiger partial charge >= 0.3 is 5.97 Å². The summed E-state index contributed by atoms with van der Waals surface area (Å²) < 4.78 is 5.04.